The van der Waals surface area contributed by atoms with Gasteiger partial charge >= 0.3 is 0 Å². The third-order valence-corrected chi connectivity index (χ3v) is 7.68. The second kappa shape index (κ2) is 11.7. The van der Waals surface area contributed by atoms with Crippen LogP contribution in [0.1, 0.15) is 62.3 Å². The Morgan fingerprint density at radius 3 is 2.48 bits per heavy atom. The molecule has 5 rings (SSSR count). The van der Waals surface area contributed by atoms with Gasteiger partial charge in [0.1, 0.15) is 4.83 Å². The molecule has 31 heavy (non-hydrogen) atoms. The molecule has 172 valence electrons. The second-order valence-corrected chi connectivity index (χ2v) is 9.80. The van der Waals surface area contributed by atoms with Crippen LogP contribution in [-0.4, -0.2) is 64.9 Å². The number of carbonyl (C=O) groups excluding carboxylic acids is 1. The monoisotopic (exact) mass is 447 g/mol. The number of H-pyrrole nitrogens is 1. The summed E-state index contributed by atoms with van der Waals surface area (Å²) in [5, 5.41) is 0.833. The van der Waals surface area contributed by atoms with Gasteiger partial charge in [-0.2, -0.15) is 0 Å². The number of piperazine rings is 1. The van der Waals surface area contributed by atoms with Gasteiger partial charge in [0.05, 0.1) is 11.7 Å². The molecule has 0 atom stereocenters. The molecule has 0 aromatic carbocycles. The number of thiophene rings is 1. The highest BCUT2D eigenvalue weighted by molar-refractivity contribution is 7.18. The average molecular weight is 448 g/mol. The van der Waals surface area contributed by atoms with Crippen LogP contribution in [0.3, 0.4) is 0 Å². The number of primary amides is 1. The predicted molar refractivity (Wildman–Crippen MR) is 128 cm³/mol. The molecule has 7 nitrogen and oxygen atoms in total. The number of fused-ring (bicyclic) bond motifs is 3. The van der Waals surface area contributed by atoms with Crippen molar-refractivity contribution in [1.82, 2.24) is 19.8 Å². The lowest BCUT2D eigenvalue weighted by atomic mass is 9.94. The van der Waals surface area contributed by atoms with E-state index in [1.807, 2.05) is 0 Å². The van der Waals surface area contributed by atoms with E-state index >= 15 is 0 Å². The van der Waals surface area contributed by atoms with Crippen molar-refractivity contribution >= 4 is 27.5 Å². The number of carbonyl (C=O) groups is 1. The summed E-state index contributed by atoms with van der Waals surface area (Å²) in [4.78, 5) is 35.3. The largest absolute Gasteiger partial charge is 0.370 e. The van der Waals surface area contributed by atoms with Crippen molar-refractivity contribution in [1.29, 1.82) is 0 Å². The molecular formula is C23H37N5O2S. The lowest BCUT2D eigenvalue weighted by Gasteiger charge is -2.39. The van der Waals surface area contributed by atoms with Gasteiger partial charge < -0.3 is 15.6 Å². The van der Waals surface area contributed by atoms with Gasteiger partial charge in [0.2, 0.25) is 5.91 Å². The van der Waals surface area contributed by atoms with Crippen molar-refractivity contribution in [2.24, 2.45) is 5.73 Å². The molecule has 0 bridgehead atoms. The predicted octanol–water partition coefficient (Wildman–Crippen LogP) is 2.92. The second-order valence-electron chi connectivity index (χ2n) is 8.72. The summed E-state index contributed by atoms with van der Waals surface area (Å²) in [5.41, 5.74) is 5.92. The summed E-state index contributed by atoms with van der Waals surface area (Å²) in [6.45, 7) is 6.89. The van der Waals surface area contributed by atoms with Crippen LogP contribution in [0.15, 0.2) is 11.1 Å². The molecule has 3 heterocycles. The SMILES string of the molecule is CCC(N)=O.CN1CCN(C2CCCCC2)CC1.O=c1[nH]cnc2sc3c(c12)CCC3. The number of rotatable bonds is 2. The van der Waals surface area contributed by atoms with Gasteiger partial charge in [-0.05, 0) is 44.7 Å². The van der Waals surface area contributed by atoms with Crippen LogP contribution in [0.25, 0.3) is 10.2 Å². The van der Waals surface area contributed by atoms with Crippen molar-refractivity contribution in [3.63, 3.8) is 0 Å². The number of nitrogens with two attached hydrogens (primary N) is 1. The highest BCUT2D eigenvalue weighted by Gasteiger charge is 2.23. The molecule has 3 N–H and O–H groups in total. The first kappa shape index (κ1) is 23.9. The number of amides is 1. The van der Waals surface area contributed by atoms with E-state index in [1.54, 1.807) is 18.3 Å². The van der Waals surface area contributed by atoms with Crippen LogP contribution in [-0.2, 0) is 17.6 Å². The van der Waals surface area contributed by atoms with E-state index in [-0.39, 0.29) is 11.5 Å². The Balaban J connectivity index is 0.000000146. The number of hydrogen-bond donors (Lipinski definition) is 2. The van der Waals surface area contributed by atoms with E-state index in [0.29, 0.717) is 6.42 Å². The Bertz CT molecular complexity index is 895. The Morgan fingerprint density at radius 1 is 1.16 bits per heavy atom. The number of nitrogens with zero attached hydrogens (tertiary/aromatic N) is 3. The molecule has 2 aromatic heterocycles. The lowest BCUT2D eigenvalue weighted by molar-refractivity contribution is -0.117. The van der Waals surface area contributed by atoms with Crippen LogP contribution in [0, 0.1) is 0 Å². The molecule has 0 radical (unpaired) electrons. The zero-order valence-electron chi connectivity index (χ0n) is 19.0. The molecule has 2 aliphatic carbocycles. The third kappa shape index (κ3) is 6.60. The number of likely N-dealkylation sites (N-methyl/N-ethyl adjacent to an activating group) is 1. The molecule has 1 saturated carbocycles. The van der Waals surface area contributed by atoms with Crippen molar-refractivity contribution in [3.8, 4) is 0 Å². The molecule has 1 saturated heterocycles. The molecule has 8 heteroatoms. The number of aryl methyl sites for hydroxylation is 2. The number of aromatic nitrogens is 2. The van der Waals surface area contributed by atoms with E-state index in [9.17, 15) is 9.59 Å². The Labute approximate surface area is 189 Å². The van der Waals surface area contributed by atoms with Crippen molar-refractivity contribution in [2.75, 3.05) is 33.2 Å². The first-order valence-electron chi connectivity index (χ1n) is 11.7. The van der Waals surface area contributed by atoms with Crippen molar-refractivity contribution < 1.29 is 4.79 Å². The van der Waals surface area contributed by atoms with Gasteiger partial charge in [-0.3, -0.25) is 14.5 Å². The molecule has 1 amide bonds. The zero-order chi connectivity index (χ0) is 22.2. The fourth-order valence-corrected chi connectivity index (χ4v) is 5.80. The number of aromatic amines is 1. The normalized spacial score (nSPS) is 19.8. The smallest absolute Gasteiger partial charge is 0.259 e. The summed E-state index contributed by atoms with van der Waals surface area (Å²) in [7, 11) is 2.23. The summed E-state index contributed by atoms with van der Waals surface area (Å²) >= 11 is 1.67. The maximum atomic E-state index is 11.5. The maximum absolute atomic E-state index is 11.5. The molecule has 3 aliphatic rings. The number of nitrogens with one attached hydrogen (secondary N) is 1. The third-order valence-electron chi connectivity index (χ3n) is 6.48. The summed E-state index contributed by atoms with van der Waals surface area (Å²) in [5.74, 6) is -0.245. The van der Waals surface area contributed by atoms with Gasteiger partial charge in [-0.1, -0.05) is 26.2 Å². The summed E-state index contributed by atoms with van der Waals surface area (Å²) < 4.78 is 0. The van der Waals surface area contributed by atoms with Crippen LogP contribution in [0.5, 0.6) is 0 Å². The minimum absolute atomic E-state index is 0.0180. The first-order chi connectivity index (χ1) is 15.0. The van der Waals surface area contributed by atoms with E-state index < -0.39 is 0 Å². The fraction of sp³-hybridized carbons (Fsp3) is 0.696. The topological polar surface area (TPSA) is 95.3 Å². The molecule has 2 fully saturated rings. The van der Waals surface area contributed by atoms with E-state index in [4.69, 9.17) is 0 Å². The van der Waals surface area contributed by atoms with Gasteiger partial charge in [-0.25, -0.2) is 4.98 Å². The Morgan fingerprint density at radius 2 is 1.84 bits per heavy atom. The van der Waals surface area contributed by atoms with Gasteiger partial charge in [-0.15, -0.1) is 11.3 Å². The van der Waals surface area contributed by atoms with E-state index in [1.165, 1.54) is 81.5 Å². The molecule has 0 spiro atoms. The lowest BCUT2D eigenvalue weighted by Crippen LogP contribution is -2.49. The van der Waals surface area contributed by atoms with E-state index in [0.717, 1.165) is 29.1 Å². The Hall–Kier alpha value is -1.77. The minimum atomic E-state index is -0.245. The quantitative estimate of drug-likeness (QED) is 0.738. The van der Waals surface area contributed by atoms with Crippen molar-refractivity contribution in [3.05, 3.63) is 27.1 Å². The van der Waals surface area contributed by atoms with Crippen LogP contribution >= 0.6 is 11.3 Å². The maximum Gasteiger partial charge on any atom is 0.259 e. The van der Waals surface area contributed by atoms with Gasteiger partial charge in [0, 0.05) is 43.5 Å². The van der Waals surface area contributed by atoms with Crippen molar-refractivity contribution in [2.45, 2.75) is 70.8 Å². The van der Waals surface area contributed by atoms with E-state index in [2.05, 4.69) is 32.5 Å². The highest BCUT2D eigenvalue weighted by atomic mass is 32.1. The Kier molecular flexibility index (Phi) is 9.04. The fourth-order valence-electron chi connectivity index (χ4n) is 4.57. The molecule has 0 unspecified atom stereocenters. The minimum Gasteiger partial charge on any atom is -0.370 e. The van der Waals surface area contributed by atoms with Gasteiger partial charge in [0.25, 0.3) is 5.56 Å². The molecular weight excluding hydrogens is 410 g/mol. The zero-order valence-corrected chi connectivity index (χ0v) is 19.8. The van der Waals surface area contributed by atoms with Gasteiger partial charge in [0.15, 0.2) is 0 Å². The summed E-state index contributed by atoms with van der Waals surface area (Å²) in [6, 6.07) is 0.933. The first-order valence-corrected chi connectivity index (χ1v) is 12.5. The van der Waals surface area contributed by atoms with Crippen LogP contribution in [0.2, 0.25) is 0 Å². The summed E-state index contributed by atoms with van der Waals surface area (Å²) in [6.07, 6.45) is 12.6. The average Bonchev–Trinajstić information content (AvgIpc) is 3.37. The van der Waals surface area contributed by atoms with Crippen LogP contribution in [0.4, 0.5) is 0 Å². The molecule has 2 aromatic rings. The number of hydrogen-bond acceptors (Lipinski definition) is 6. The van der Waals surface area contributed by atoms with Crippen LogP contribution < -0.4 is 11.3 Å². The molecule has 1 aliphatic heterocycles. The standard InChI is InChI=1S/C11H22N2.C9H8N2OS.C3H7NO/c1-12-7-9-13(10-8-12)11-5-3-2-4-6-11;12-8-7-5-2-1-3-6(5)13-9(7)11-4-10-8;1-2-3(4)5/h11H,2-10H2,1H3;4H,1-3H2,(H,10,11,12);2H2,1H3,(H2,4,5). The highest BCUT2D eigenvalue weighted by Crippen LogP contribution is 2.34.